The number of methoxy groups -OCH3 is 1. The molecular formula is C26H27ClN2O3. The van der Waals surface area contributed by atoms with Crippen LogP contribution < -0.4 is 10.1 Å². The van der Waals surface area contributed by atoms with Crippen LogP contribution in [-0.4, -0.2) is 30.4 Å². The van der Waals surface area contributed by atoms with Crippen LogP contribution in [0.5, 0.6) is 5.75 Å². The van der Waals surface area contributed by atoms with Gasteiger partial charge >= 0.3 is 0 Å². The molecule has 0 heterocycles. The van der Waals surface area contributed by atoms with Crippen molar-refractivity contribution in [2.24, 2.45) is 0 Å². The quantitative estimate of drug-likeness (QED) is 0.509. The molecule has 3 aromatic rings. The highest BCUT2D eigenvalue weighted by Gasteiger charge is 2.31. The van der Waals surface area contributed by atoms with Crippen molar-refractivity contribution in [3.05, 3.63) is 101 Å². The minimum absolute atomic E-state index is 0.150. The van der Waals surface area contributed by atoms with Gasteiger partial charge in [-0.15, -0.1) is 0 Å². The number of carbonyl (C=O) groups is 2. The molecule has 2 amide bonds. The van der Waals surface area contributed by atoms with Crippen LogP contribution in [0.15, 0.2) is 78.9 Å². The number of ether oxygens (including phenoxy) is 1. The number of nitrogens with zero attached hydrogens (tertiary/aromatic N) is 1. The van der Waals surface area contributed by atoms with Crippen molar-refractivity contribution in [2.45, 2.75) is 25.9 Å². The van der Waals surface area contributed by atoms with Crippen molar-refractivity contribution >= 4 is 23.4 Å². The molecule has 32 heavy (non-hydrogen) atoms. The van der Waals surface area contributed by atoms with Gasteiger partial charge in [-0.2, -0.15) is 0 Å². The zero-order chi connectivity index (χ0) is 22.9. The molecule has 3 rings (SSSR count). The molecule has 0 aliphatic heterocycles. The van der Waals surface area contributed by atoms with Gasteiger partial charge in [-0.05, 0) is 47.9 Å². The molecule has 1 N–H and O–H groups in total. The lowest BCUT2D eigenvalue weighted by molar-refractivity contribution is -0.141. The number of hydrogen-bond donors (Lipinski definition) is 1. The molecule has 0 saturated heterocycles. The van der Waals surface area contributed by atoms with Crippen LogP contribution in [-0.2, 0) is 22.6 Å². The third-order valence-corrected chi connectivity index (χ3v) is 5.38. The Labute approximate surface area is 194 Å². The predicted molar refractivity (Wildman–Crippen MR) is 127 cm³/mol. The standard InChI is InChI=1S/C26H27ClN2O3/c1-3-28-26(31)25(21-7-5-4-6-8-21)29(18-20-11-15-23(32-2)16-12-20)24(30)17-19-9-13-22(27)14-10-19/h4-16,25H,3,17-18H2,1-2H3,(H,28,31)/t25-/m1/s1. The van der Waals surface area contributed by atoms with Gasteiger partial charge in [0.1, 0.15) is 11.8 Å². The number of rotatable bonds is 9. The third-order valence-electron chi connectivity index (χ3n) is 5.13. The monoisotopic (exact) mass is 450 g/mol. The van der Waals surface area contributed by atoms with Crippen molar-refractivity contribution in [2.75, 3.05) is 13.7 Å². The molecule has 1 atom stereocenters. The number of halogens is 1. The molecule has 0 unspecified atom stereocenters. The Morgan fingerprint density at radius 1 is 0.938 bits per heavy atom. The van der Waals surface area contributed by atoms with E-state index < -0.39 is 6.04 Å². The van der Waals surface area contributed by atoms with Crippen LogP contribution >= 0.6 is 11.6 Å². The van der Waals surface area contributed by atoms with Crippen LogP contribution in [0, 0.1) is 0 Å². The molecule has 166 valence electrons. The largest absolute Gasteiger partial charge is 0.497 e. The van der Waals surface area contributed by atoms with Crippen LogP contribution in [0.3, 0.4) is 0 Å². The maximum atomic E-state index is 13.5. The minimum Gasteiger partial charge on any atom is -0.497 e. The second kappa shape index (κ2) is 11.3. The highest BCUT2D eigenvalue weighted by Crippen LogP contribution is 2.26. The minimum atomic E-state index is -0.752. The average Bonchev–Trinajstić information content (AvgIpc) is 2.81. The van der Waals surface area contributed by atoms with E-state index >= 15 is 0 Å². The topological polar surface area (TPSA) is 58.6 Å². The molecule has 0 saturated carbocycles. The summed E-state index contributed by atoms with van der Waals surface area (Å²) < 4.78 is 5.24. The van der Waals surface area contributed by atoms with Crippen molar-refractivity contribution in [1.29, 1.82) is 0 Å². The lowest BCUT2D eigenvalue weighted by Crippen LogP contribution is -2.44. The molecule has 0 aliphatic rings. The van der Waals surface area contributed by atoms with Gasteiger partial charge in [-0.1, -0.05) is 66.2 Å². The molecule has 0 spiro atoms. The van der Waals surface area contributed by atoms with E-state index in [1.807, 2.05) is 73.7 Å². The Bertz CT molecular complexity index is 1020. The first kappa shape index (κ1) is 23.4. The van der Waals surface area contributed by atoms with Gasteiger partial charge < -0.3 is 15.0 Å². The summed E-state index contributed by atoms with van der Waals surface area (Å²) in [6, 6.07) is 23.3. The van der Waals surface area contributed by atoms with Crippen LogP contribution in [0.2, 0.25) is 5.02 Å². The number of carbonyl (C=O) groups excluding carboxylic acids is 2. The van der Waals surface area contributed by atoms with Crippen LogP contribution in [0.4, 0.5) is 0 Å². The molecule has 3 aromatic carbocycles. The van der Waals surface area contributed by atoms with Crippen molar-refractivity contribution in [3.63, 3.8) is 0 Å². The van der Waals surface area contributed by atoms with Crippen molar-refractivity contribution in [3.8, 4) is 5.75 Å². The zero-order valence-electron chi connectivity index (χ0n) is 18.3. The van der Waals surface area contributed by atoms with Gasteiger partial charge in [-0.3, -0.25) is 9.59 Å². The summed E-state index contributed by atoms with van der Waals surface area (Å²) in [5, 5.41) is 3.50. The molecule has 5 nitrogen and oxygen atoms in total. The first-order valence-corrected chi connectivity index (χ1v) is 10.9. The predicted octanol–water partition coefficient (Wildman–Crippen LogP) is 4.80. The summed E-state index contributed by atoms with van der Waals surface area (Å²) in [7, 11) is 1.61. The van der Waals surface area contributed by atoms with E-state index in [1.165, 1.54) is 0 Å². The van der Waals surface area contributed by atoms with Crippen molar-refractivity contribution in [1.82, 2.24) is 10.2 Å². The number of nitrogens with one attached hydrogen (secondary N) is 1. The number of hydrogen-bond acceptors (Lipinski definition) is 3. The second-order valence-corrected chi connectivity index (χ2v) is 7.82. The van der Waals surface area contributed by atoms with Gasteiger partial charge in [0, 0.05) is 18.1 Å². The summed E-state index contributed by atoms with van der Waals surface area (Å²) >= 11 is 5.99. The lowest BCUT2D eigenvalue weighted by atomic mass is 10.0. The smallest absolute Gasteiger partial charge is 0.247 e. The first-order valence-electron chi connectivity index (χ1n) is 10.5. The van der Waals surface area contributed by atoms with Crippen LogP contribution in [0.1, 0.15) is 29.7 Å². The zero-order valence-corrected chi connectivity index (χ0v) is 19.0. The molecular weight excluding hydrogens is 424 g/mol. The Morgan fingerprint density at radius 2 is 1.56 bits per heavy atom. The Balaban J connectivity index is 1.97. The molecule has 0 aromatic heterocycles. The maximum Gasteiger partial charge on any atom is 0.247 e. The normalized spacial score (nSPS) is 11.5. The third kappa shape index (κ3) is 6.11. The summed E-state index contributed by atoms with van der Waals surface area (Å²) in [6.45, 7) is 2.63. The summed E-state index contributed by atoms with van der Waals surface area (Å²) in [6.07, 6.45) is 0.163. The second-order valence-electron chi connectivity index (χ2n) is 7.38. The molecule has 0 bridgehead atoms. The molecule has 0 radical (unpaired) electrons. The highest BCUT2D eigenvalue weighted by atomic mass is 35.5. The van der Waals surface area contributed by atoms with Gasteiger partial charge in [0.05, 0.1) is 13.5 Å². The van der Waals surface area contributed by atoms with E-state index in [1.54, 1.807) is 24.1 Å². The van der Waals surface area contributed by atoms with E-state index in [-0.39, 0.29) is 24.8 Å². The first-order chi connectivity index (χ1) is 15.5. The summed E-state index contributed by atoms with van der Waals surface area (Å²) in [4.78, 5) is 28.3. The SMILES string of the molecule is CCNC(=O)[C@@H](c1ccccc1)N(Cc1ccc(OC)cc1)C(=O)Cc1ccc(Cl)cc1. The average molecular weight is 451 g/mol. The fourth-order valence-electron chi connectivity index (χ4n) is 3.51. The van der Waals surface area contributed by atoms with Gasteiger partial charge in [0.15, 0.2) is 0 Å². The summed E-state index contributed by atoms with van der Waals surface area (Å²) in [5.41, 5.74) is 2.50. The number of benzene rings is 3. The van der Waals surface area contributed by atoms with E-state index in [0.29, 0.717) is 11.6 Å². The fourth-order valence-corrected chi connectivity index (χ4v) is 3.63. The van der Waals surface area contributed by atoms with Crippen molar-refractivity contribution < 1.29 is 14.3 Å². The number of amides is 2. The van der Waals surface area contributed by atoms with E-state index in [2.05, 4.69) is 5.32 Å². The molecule has 6 heteroatoms. The summed E-state index contributed by atoms with van der Waals surface area (Å²) in [5.74, 6) is 0.371. The van der Waals surface area contributed by atoms with Gasteiger partial charge in [0.2, 0.25) is 11.8 Å². The Morgan fingerprint density at radius 3 is 2.16 bits per heavy atom. The molecule has 0 aliphatic carbocycles. The van der Waals surface area contributed by atoms with E-state index in [4.69, 9.17) is 16.3 Å². The highest BCUT2D eigenvalue weighted by molar-refractivity contribution is 6.30. The lowest BCUT2D eigenvalue weighted by Gasteiger charge is -2.31. The maximum absolute atomic E-state index is 13.5. The van der Waals surface area contributed by atoms with E-state index in [9.17, 15) is 9.59 Å². The Hall–Kier alpha value is -3.31. The van der Waals surface area contributed by atoms with E-state index in [0.717, 1.165) is 22.4 Å². The van der Waals surface area contributed by atoms with Gasteiger partial charge in [-0.25, -0.2) is 0 Å². The van der Waals surface area contributed by atoms with Crippen LogP contribution in [0.25, 0.3) is 0 Å². The fraction of sp³-hybridized carbons (Fsp3) is 0.231. The number of likely N-dealkylation sites (N-methyl/N-ethyl adjacent to an activating group) is 1. The molecule has 0 fully saturated rings. The Kier molecular flexibility index (Phi) is 8.28. The van der Waals surface area contributed by atoms with Gasteiger partial charge in [0.25, 0.3) is 0 Å².